The molecule has 0 unspecified atom stereocenters. The summed E-state index contributed by atoms with van der Waals surface area (Å²) in [5, 5.41) is 15.2. The van der Waals surface area contributed by atoms with Crippen LogP contribution in [0, 0.1) is 0 Å². The van der Waals surface area contributed by atoms with Crippen molar-refractivity contribution < 1.29 is 29.0 Å². The molecular weight excluding hydrogens is 458 g/mol. The van der Waals surface area contributed by atoms with Crippen LogP contribution in [0.5, 0.6) is 11.5 Å². The van der Waals surface area contributed by atoms with E-state index in [9.17, 15) is 19.5 Å². The van der Waals surface area contributed by atoms with Gasteiger partial charge in [-0.2, -0.15) is 0 Å². The van der Waals surface area contributed by atoms with Crippen molar-refractivity contribution in [1.82, 2.24) is 15.5 Å². The number of carbonyl (C=O) groups is 3. The molecule has 0 radical (unpaired) electrons. The first-order valence-corrected chi connectivity index (χ1v) is 11.7. The van der Waals surface area contributed by atoms with Gasteiger partial charge >= 0.3 is 0 Å². The molecule has 3 amide bonds. The molecule has 2 aromatic rings. The van der Waals surface area contributed by atoms with Crippen molar-refractivity contribution in [3.8, 4) is 11.5 Å². The monoisotopic (exact) mass is 487 g/mol. The number of nitrogens with zero attached hydrogens (tertiary/aromatic N) is 1. The molecule has 0 spiro atoms. The summed E-state index contributed by atoms with van der Waals surface area (Å²) < 4.78 is 10.3. The number of aliphatic hydroxyl groups is 1. The molecule has 3 N–H and O–H groups in total. The molecule has 1 fully saturated rings. The SMILES string of the molecule is COc1ccc(CNC(=O)[C@@H]2CS[C@@](C)(C(=O)NCc3ccc(OC)cc3)N2C(=O)CO)cc1. The summed E-state index contributed by atoms with van der Waals surface area (Å²) in [5.74, 6) is 0.149. The van der Waals surface area contributed by atoms with Crippen LogP contribution in [0.3, 0.4) is 0 Å². The summed E-state index contributed by atoms with van der Waals surface area (Å²) in [6, 6.07) is 13.6. The molecule has 1 aliphatic rings. The summed E-state index contributed by atoms with van der Waals surface area (Å²) in [7, 11) is 3.15. The van der Waals surface area contributed by atoms with Crippen LogP contribution < -0.4 is 20.1 Å². The molecule has 10 heteroatoms. The number of thioether (sulfide) groups is 1. The first kappa shape index (κ1) is 25.4. The number of aliphatic hydroxyl groups excluding tert-OH is 1. The summed E-state index contributed by atoms with van der Waals surface area (Å²) in [4.78, 5) is 38.5. The maximum Gasteiger partial charge on any atom is 0.256 e. The van der Waals surface area contributed by atoms with Crippen molar-refractivity contribution in [1.29, 1.82) is 0 Å². The Balaban J connectivity index is 1.67. The summed E-state index contributed by atoms with van der Waals surface area (Å²) >= 11 is 1.19. The molecule has 0 bridgehead atoms. The highest BCUT2D eigenvalue weighted by molar-refractivity contribution is 8.01. The first-order valence-electron chi connectivity index (χ1n) is 10.7. The lowest BCUT2D eigenvalue weighted by Gasteiger charge is -2.35. The van der Waals surface area contributed by atoms with E-state index in [1.165, 1.54) is 16.7 Å². The van der Waals surface area contributed by atoms with E-state index in [4.69, 9.17) is 9.47 Å². The molecule has 3 rings (SSSR count). The Morgan fingerprint density at radius 1 is 0.971 bits per heavy atom. The molecule has 1 aliphatic heterocycles. The topological polar surface area (TPSA) is 117 Å². The van der Waals surface area contributed by atoms with Gasteiger partial charge in [0.15, 0.2) is 4.87 Å². The minimum Gasteiger partial charge on any atom is -0.497 e. The zero-order valence-electron chi connectivity index (χ0n) is 19.4. The number of hydrogen-bond acceptors (Lipinski definition) is 7. The van der Waals surface area contributed by atoms with Gasteiger partial charge in [-0.1, -0.05) is 24.3 Å². The maximum absolute atomic E-state index is 13.1. The second-order valence-corrected chi connectivity index (χ2v) is 9.25. The van der Waals surface area contributed by atoms with Gasteiger partial charge in [-0.15, -0.1) is 11.8 Å². The molecule has 2 atom stereocenters. The first-order chi connectivity index (χ1) is 16.3. The maximum atomic E-state index is 13.1. The number of methoxy groups -OCH3 is 2. The minimum absolute atomic E-state index is 0.229. The van der Waals surface area contributed by atoms with Crippen LogP contribution in [-0.2, 0) is 27.5 Å². The van der Waals surface area contributed by atoms with Gasteiger partial charge in [-0.25, -0.2) is 0 Å². The Morgan fingerprint density at radius 2 is 1.47 bits per heavy atom. The number of amides is 3. The van der Waals surface area contributed by atoms with Gasteiger partial charge in [0, 0.05) is 18.8 Å². The minimum atomic E-state index is -1.34. The number of benzene rings is 2. The molecule has 2 aromatic carbocycles. The molecule has 0 saturated carbocycles. The number of nitrogens with one attached hydrogen (secondary N) is 2. The normalized spacial score (nSPS) is 19.4. The number of hydrogen-bond donors (Lipinski definition) is 3. The van der Waals surface area contributed by atoms with Crippen molar-refractivity contribution in [2.24, 2.45) is 0 Å². The van der Waals surface area contributed by atoms with Crippen LogP contribution in [0.4, 0.5) is 0 Å². The molecular formula is C24H29N3O6S. The van der Waals surface area contributed by atoms with E-state index < -0.39 is 35.2 Å². The summed E-state index contributed by atoms with van der Waals surface area (Å²) in [6.45, 7) is 1.29. The quantitative estimate of drug-likeness (QED) is 0.488. The van der Waals surface area contributed by atoms with Gasteiger partial charge in [-0.05, 0) is 42.3 Å². The highest BCUT2D eigenvalue weighted by atomic mass is 32.2. The zero-order chi connectivity index (χ0) is 24.7. The van der Waals surface area contributed by atoms with Gasteiger partial charge in [0.2, 0.25) is 5.91 Å². The van der Waals surface area contributed by atoms with E-state index >= 15 is 0 Å². The van der Waals surface area contributed by atoms with Crippen LogP contribution >= 0.6 is 11.8 Å². The average molecular weight is 488 g/mol. The van der Waals surface area contributed by atoms with Gasteiger partial charge < -0.3 is 30.1 Å². The fraction of sp³-hybridized carbons (Fsp3) is 0.375. The van der Waals surface area contributed by atoms with Crippen LogP contribution in [0.2, 0.25) is 0 Å². The average Bonchev–Trinajstić information content (AvgIpc) is 3.24. The lowest BCUT2D eigenvalue weighted by Crippen LogP contribution is -2.59. The third-order valence-corrected chi connectivity index (χ3v) is 7.09. The van der Waals surface area contributed by atoms with E-state index in [-0.39, 0.29) is 18.8 Å². The van der Waals surface area contributed by atoms with E-state index in [1.807, 2.05) is 24.3 Å². The summed E-state index contributed by atoms with van der Waals surface area (Å²) in [5.41, 5.74) is 1.72. The van der Waals surface area contributed by atoms with Crippen molar-refractivity contribution in [2.75, 3.05) is 26.6 Å². The number of carbonyl (C=O) groups excluding carboxylic acids is 3. The standard InChI is InChI=1S/C24H29N3O6S/c1-24(23(31)26-13-17-6-10-19(33-3)11-7-17)27(21(29)14-28)20(15-34-24)22(30)25-12-16-4-8-18(32-2)9-5-16/h4-11,20,28H,12-15H2,1-3H3,(H,25,30)(H,26,31)/t20-,24-/m0/s1. The second kappa shape index (κ2) is 11.3. The van der Waals surface area contributed by atoms with Crippen molar-refractivity contribution >= 4 is 29.5 Å². The van der Waals surface area contributed by atoms with Crippen LogP contribution in [-0.4, -0.2) is 65.2 Å². The van der Waals surface area contributed by atoms with Gasteiger partial charge in [0.1, 0.15) is 24.1 Å². The van der Waals surface area contributed by atoms with Crippen molar-refractivity contribution in [3.05, 3.63) is 59.7 Å². The molecule has 1 heterocycles. The number of ether oxygens (including phenoxy) is 2. The molecule has 182 valence electrons. The largest absolute Gasteiger partial charge is 0.497 e. The van der Waals surface area contributed by atoms with Crippen molar-refractivity contribution in [3.63, 3.8) is 0 Å². The summed E-state index contributed by atoms with van der Waals surface area (Å²) in [6.07, 6.45) is 0. The van der Waals surface area contributed by atoms with Crippen LogP contribution in [0.1, 0.15) is 18.1 Å². The third-order valence-electron chi connectivity index (χ3n) is 5.66. The predicted octanol–water partition coefficient (Wildman–Crippen LogP) is 1.29. The molecule has 0 aromatic heterocycles. The van der Waals surface area contributed by atoms with Crippen LogP contribution in [0.25, 0.3) is 0 Å². The molecule has 9 nitrogen and oxygen atoms in total. The number of rotatable bonds is 9. The molecule has 0 aliphatic carbocycles. The zero-order valence-corrected chi connectivity index (χ0v) is 20.2. The van der Waals surface area contributed by atoms with Gasteiger partial charge in [-0.3, -0.25) is 14.4 Å². The van der Waals surface area contributed by atoms with Gasteiger partial charge in [0.05, 0.1) is 14.2 Å². The van der Waals surface area contributed by atoms with E-state index in [2.05, 4.69) is 10.6 Å². The Kier molecular flexibility index (Phi) is 8.41. The highest BCUT2D eigenvalue weighted by Gasteiger charge is 2.53. The molecule has 34 heavy (non-hydrogen) atoms. The van der Waals surface area contributed by atoms with E-state index in [0.717, 1.165) is 11.1 Å². The van der Waals surface area contributed by atoms with Gasteiger partial charge in [0.25, 0.3) is 11.8 Å². The molecule has 1 saturated heterocycles. The van der Waals surface area contributed by atoms with E-state index in [1.54, 1.807) is 45.4 Å². The smallest absolute Gasteiger partial charge is 0.256 e. The second-order valence-electron chi connectivity index (χ2n) is 7.83. The lowest BCUT2D eigenvalue weighted by atomic mass is 10.1. The van der Waals surface area contributed by atoms with Crippen LogP contribution in [0.15, 0.2) is 48.5 Å². The Labute approximate surface area is 202 Å². The Morgan fingerprint density at radius 3 is 1.94 bits per heavy atom. The fourth-order valence-corrected chi connectivity index (χ4v) is 5.03. The third kappa shape index (κ3) is 5.63. The Hall–Kier alpha value is -3.24. The van der Waals surface area contributed by atoms with Crippen molar-refractivity contribution in [2.45, 2.75) is 30.9 Å². The Bertz CT molecular complexity index is 1010. The fourth-order valence-electron chi connectivity index (χ4n) is 3.68. The highest BCUT2D eigenvalue weighted by Crippen LogP contribution is 2.40. The predicted molar refractivity (Wildman–Crippen MR) is 128 cm³/mol. The van der Waals surface area contributed by atoms with E-state index in [0.29, 0.717) is 11.5 Å². The lowest BCUT2D eigenvalue weighted by molar-refractivity contribution is -0.149.